The number of hydrogen-bond donors (Lipinski definition) is 2. The monoisotopic (exact) mass is 256 g/mol. The number of pyridine rings is 1. The molecule has 2 rings (SSSR count). The van der Waals surface area contributed by atoms with E-state index < -0.39 is 5.97 Å². The van der Waals surface area contributed by atoms with Crippen LogP contribution in [0.5, 0.6) is 0 Å². The first-order valence-corrected chi connectivity index (χ1v) is 5.77. The first-order chi connectivity index (χ1) is 8.13. The third kappa shape index (κ3) is 2.68. The largest absolute Gasteiger partial charge is 0.478 e. The third-order valence-electron chi connectivity index (χ3n) is 2.67. The second-order valence-corrected chi connectivity index (χ2v) is 4.39. The van der Waals surface area contributed by atoms with Crippen LogP contribution in [0.25, 0.3) is 0 Å². The molecule has 0 radical (unpaired) electrons. The molecule has 17 heavy (non-hydrogen) atoms. The van der Waals surface area contributed by atoms with Crippen LogP contribution in [0.4, 0.5) is 5.82 Å². The van der Waals surface area contributed by atoms with Gasteiger partial charge in [0, 0.05) is 18.8 Å². The summed E-state index contributed by atoms with van der Waals surface area (Å²) in [5.41, 5.74) is 0.0681. The van der Waals surface area contributed by atoms with Crippen LogP contribution in [0, 0.1) is 0 Å². The third-order valence-corrected chi connectivity index (χ3v) is 2.95. The molecule has 0 unspecified atom stereocenters. The Morgan fingerprint density at radius 2 is 2.29 bits per heavy atom. The minimum atomic E-state index is -1.05. The molecule has 1 aromatic heterocycles. The van der Waals surface area contributed by atoms with Crippen LogP contribution < -0.4 is 4.90 Å². The van der Waals surface area contributed by atoms with E-state index in [0.717, 1.165) is 12.8 Å². The van der Waals surface area contributed by atoms with Crippen LogP contribution in [0.3, 0.4) is 0 Å². The van der Waals surface area contributed by atoms with Gasteiger partial charge in [0.15, 0.2) is 0 Å². The van der Waals surface area contributed by atoms with Gasteiger partial charge >= 0.3 is 5.97 Å². The number of rotatable bonds is 5. The number of nitrogens with zero attached hydrogens (tertiary/aromatic N) is 2. The van der Waals surface area contributed by atoms with Crippen molar-refractivity contribution in [3.8, 4) is 0 Å². The molecule has 5 nitrogen and oxygen atoms in total. The summed E-state index contributed by atoms with van der Waals surface area (Å²) in [4.78, 5) is 16.8. The van der Waals surface area contributed by atoms with Crippen LogP contribution >= 0.6 is 11.6 Å². The lowest BCUT2D eigenvalue weighted by Gasteiger charge is -2.23. The van der Waals surface area contributed by atoms with Crippen molar-refractivity contribution in [3.63, 3.8) is 0 Å². The topological polar surface area (TPSA) is 73.7 Å². The number of aliphatic hydroxyl groups excluding tert-OH is 1. The first kappa shape index (κ1) is 12.1. The van der Waals surface area contributed by atoms with Gasteiger partial charge in [-0.2, -0.15) is 0 Å². The van der Waals surface area contributed by atoms with Gasteiger partial charge in [-0.25, -0.2) is 9.78 Å². The zero-order valence-corrected chi connectivity index (χ0v) is 9.89. The fraction of sp³-hybridized carbons (Fsp3) is 0.455. The molecule has 92 valence electrons. The van der Waals surface area contributed by atoms with E-state index in [-0.39, 0.29) is 12.2 Å². The van der Waals surface area contributed by atoms with Gasteiger partial charge in [-0.05, 0) is 18.9 Å². The number of aromatic nitrogens is 1. The number of anilines is 1. The van der Waals surface area contributed by atoms with Gasteiger partial charge in [0.1, 0.15) is 5.82 Å². The number of hydrogen-bond acceptors (Lipinski definition) is 4. The molecular formula is C11H13ClN2O3. The summed E-state index contributed by atoms with van der Waals surface area (Å²) in [5, 5.41) is 18.1. The van der Waals surface area contributed by atoms with Crippen molar-refractivity contribution < 1.29 is 15.0 Å². The van der Waals surface area contributed by atoms with E-state index >= 15 is 0 Å². The van der Waals surface area contributed by atoms with Crippen molar-refractivity contribution in [2.45, 2.75) is 18.9 Å². The molecule has 0 aliphatic heterocycles. The predicted molar refractivity (Wildman–Crippen MR) is 63.7 cm³/mol. The molecule has 1 heterocycles. The Bertz CT molecular complexity index is 435. The zero-order chi connectivity index (χ0) is 12.4. The van der Waals surface area contributed by atoms with E-state index in [9.17, 15) is 4.79 Å². The molecule has 0 aromatic carbocycles. The van der Waals surface area contributed by atoms with Gasteiger partial charge < -0.3 is 15.1 Å². The molecule has 0 spiro atoms. The van der Waals surface area contributed by atoms with Gasteiger partial charge in [0.25, 0.3) is 0 Å². The molecule has 0 saturated heterocycles. The lowest BCUT2D eigenvalue weighted by molar-refractivity contribution is 0.0696. The van der Waals surface area contributed by atoms with Gasteiger partial charge in [0.2, 0.25) is 0 Å². The predicted octanol–water partition coefficient (Wildman–Crippen LogP) is 1.39. The van der Waals surface area contributed by atoms with Crippen LogP contribution in [0.2, 0.25) is 5.02 Å². The first-order valence-electron chi connectivity index (χ1n) is 5.40. The molecule has 1 aliphatic rings. The highest BCUT2D eigenvalue weighted by Gasteiger charge is 2.30. The lowest BCUT2D eigenvalue weighted by Crippen LogP contribution is -2.30. The van der Waals surface area contributed by atoms with Crippen LogP contribution in [-0.4, -0.2) is 40.4 Å². The fourth-order valence-corrected chi connectivity index (χ4v) is 1.99. The van der Waals surface area contributed by atoms with E-state index in [4.69, 9.17) is 21.8 Å². The summed E-state index contributed by atoms with van der Waals surface area (Å²) in [6, 6.07) is 1.75. The van der Waals surface area contributed by atoms with Gasteiger partial charge in [-0.3, -0.25) is 0 Å². The summed E-state index contributed by atoms with van der Waals surface area (Å²) in [6.45, 7) is 0.485. The molecule has 1 aromatic rings. The Balaban J connectivity index is 2.27. The van der Waals surface area contributed by atoms with Crippen molar-refractivity contribution in [2.75, 3.05) is 18.1 Å². The standard InChI is InChI=1S/C11H13ClN2O3/c12-9-5-7(11(16)17)6-13-10(9)14(3-4-15)8-1-2-8/h5-6,8,15H,1-4H2,(H,16,17). The maximum absolute atomic E-state index is 10.8. The highest BCUT2D eigenvalue weighted by Crippen LogP contribution is 2.34. The van der Waals surface area contributed by atoms with Gasteiger partial charge in [-0.15, -0.1) is 0 Å². The van der Waals surface area contributed by atoms with Crippen molar-refractivity contribution in [1.82, 2.24) is 4.98 Å². The number of carboxylic acid groups (broad SMARTS) is 1. The maximum atomic E-state index is 10.8. The van der Waals surface area contributed by atoms with E-state index in [1.165, 1.54) is 12.3 Å². The average molecular weight is 257 g/mol. The molecule has 2 N–H and O–H groups in total. The average Bonchev–Trinajstić information content (AvgIpc) is 3.10. The summed E-state index contributed by atoms with van der Waals surface area (Å²) < 4.78 is 0. The molecule has 0 bridgehead atoms. The Morgan fingerprint density at radius 1 is 1.59 bits per heavy atom. The normalized spacial score (nSPS) is 14.7. The molecule has 0 atom stereocenters. The summed E-state index contributed by atoms with van der Waals surface area (Å²) in [7, 11) is 0. The number of aliphatic hydroxyl groups is 1. The Kier molecular flexibility index (Phi) is 3.49. The Morgan fingerprint density at radius 3 is 2.76 bits per heavy atom. The summed E-state index contributed by atoms with van der Waals surface area (Å²) in [6.07, 6.45) is 3.40. The molecule has 1 saturated carbocycles. The Labute approximate surface area is 104 Å². The minimum Gasteiger partial charge on any atom is -0.478 e. The van der Waals surface area contributed by atoms with Crippen molar-refractivity contribution >= 4 is 23.4 Å². The minimum absolute atomic E-state index is 0.0230. The van der Waals surface area contributed by atoms with E-state index in [2.05, 4.69) is 4.98 Å². The Hall–Kier alpha value is -1.33. The van der Waals surface area contributed by atoms with Crippen LogP contribution in [-0.2, 0) is 0 Å². The molecule has 1 fully saturated rings. The molecular weight excluding hydrogens is 244 g/mol. The maximum Gasteiger partial charge on any atom is 0.337 e. The number of halogens is 1. The number of carbonyl (C=O) groups is 1. The van der Waals surface area contributed by atoms with Crippen molar-refractivity contribution in [2.24, 2.45) is 0 Å². The van der Waals surface area contributed by atoms with E-state index in [1.807, 2.05) is 4.90 Å². The number of aromatic carboxylic acids is 1. The van der Waals surface area contributed by atoms with Crippen LogP contribution in [0.15, 0.2) is 12.3 Å². The van der Waals surface area contributed by atoms with E-state index in [1.54, 1.807) is 0 Å². The lowest BCUT2D eigenvalue weighted by atomic mass is 10.3. The highest BCUT2D eigenvalue weighted by atomic mass is 35.5. The van der Waals surface area contributed by atoms with Gasteiger partial charge in [0.05, 0.1) is 17.2 Å². The molecule has 1 aliphatic carbocycles. The zero-order valence-electron chi connectivity index (χ0n) is 9.14. The quantitative estimate of drug-likeness (QED) is 0.833. The van der Waals surface area contributed by atoms with Crippen molar-refractivity contribution in [1.29, 1.82) is 0 Å². The SMILES string of the molecule is O=C(O)c1cnc(N(CCO)C2CC2)c(Cl)c1. The van der Waals surface area contributed by atoms with Crippen LogP contribution in [0.1, 0.15) is 23.2 Å². The summed E-state index contributed by atoms with van der Waals surface area (Å²) >= 11 is 6.03. The molecule has 0 amide bonds. The second-order valence-electron chi connectivity index (χ2n) is 3.98. The second kappa shape index (κ2) is 4.89. The molecule has 6 heteroatoms. The fourth-order valence-electron chi connectivity index (χ4n) is 1.71. The van der Waals surface area contributed by atoms with Gasteiger partial charge in [-0.1, -0.05) is 11.6 Å². The highest BCUT2D eigenvalue weighted by molar-refractivity contribution is 6.33. The van der Waals surface area contributed by atoms with E-state index in [0.29, 0.717) is 23.4 Å². The van der Waals surface area contributed by atoms with Crippen molar-refractivity contribution in [3.05, 3.63) is 22.8 Å². The smallest absolute Gasteiger partial charge is 0.337 e. The summed E-state index contributed by atoms with van der Waals surface area (Å²) in [5.74, 6) is -0.501. The number of carboxylic acids is 1.